The van der Waals surface area contributed by atoms with Crippen LogP contribution in [0.15, 0.2) is 41.6 Å². The molecule has 0 aliphatic rings. The number of amides is 1. The van der Waals surface area contributed by atoms with Gasteiger partial charge in [-0.15, -0.1) is 10.2 Å². The summed E-state index contributed by atoms with van der Waals surface area (Å²) in [5.74, 6) is 6.04. The number of nitrogens with two attached hydrogens (primary N) is 1. The fraction of sp³-hybridized carbons (Fsp3) is 0.286. The number of nitrogens with one attached hydrogen (secondary N) is 1. The van der Waals surface area contributed by atoms with Gasteiger partial charge in [-0.25, -0.2) is 9.07 Å². The van der Waals surface area contributed by atoms with Gasteiger partial charge in [-0.1, -0.05) is 47.7 Å². The largest absolute Gasteiger partial charge is 0.336 e. The minimum absolute atomic E-state index is 0.149. The van der Waals surface area contributed by atoms with Crippen LogP contribution in [-0.4, -0.2) is 26.0 Å². The molecule has 0 aliphatic heterocycles. The number of hydrogen-bond donors (Lipinski definition) is 2. The zero-order valence-corrected chi connectivity index (χ0v) is 17.7. The number of thioether (sulfide) groups is 1. The van der Waals surface area contributed by atoms with E-state index in [9.17, 15) is 9.18 Å². The summed E-state index contributed by atoms with van der Waals surface area (Å²) in [6.45, 7) is 7.75. The number of nitrogen functional groups attached to an aromatic ring is 1. The van der Waals surface area contributed by atoms with E-state index in [1.165, 1.54) is 22.5 Å². The van der Waals surface area contributed by atoms with Gasteiger partial charge in [-0.2, -0.15) is 0 Å². The standard InChI is InChI=1S/C21H24FN5OS/c1-12-9-13(2)19(14(3)10-12)24-20(28)15(4)29-21-26-25-18(27(21)23)11-16-7-5-6-8-17(16)22/h5-10,15H,11,23H2,1-4H3,(H,24,28)/t15-/m1/s1. The summed E-state index contributed by atoms with van der Waals surface area (Å²) in [5.41, 5.74) is 4.49. The Morgan fingerprint density at radius 2 is 1.86 bits per heavy atom. The van der Waals surface area contributed by atoms with Crippen LogP contribution in [0.2, 0.25) is 0 Å². The third-order valence-electron chi connectivity index (χ3n) is 4.62. The van der Waals surface area contributed by atoms with Crippen LogP contribution in [0.1, 0.15) is 35.0 Å². The molecule has 0 radical (unpaired) electrons. The highest BCUT2D eigenvalue weighted by Crippen LogP contribution is 2.26. The molecule has 1 heterocycles. The number of nitrogens with zero attached hydrogens (tertiary/aromatic N) is 3. The zero-order valence-electron chi connectivity index (χ0n) is 16.9. The van der Waals surface area contributed by atoms with E-state index in [0.29, 0.717) is 16.5 Å². The molecule has 0 aliphatic carbocycles. The second-order valence-corrected chi connectivity index (χ2v) is 8.37. The van der Waals surface area contributed by atoms with Crippen LogP contribution in [0.4, 0.5) is 10.1 Å². The summed E-state index contributed by atoms with van der Waals surface area (Å²) < 4.78 is 15.2. The first-order valence-corrected chi connectivity index (χ1v) is 10.1. The predicted molar refractivity (Wildman–Crippen MR) is 114 cm³/mol. The minimum Gasteiger partial charge on any atom is -0.336 e. The first-order chi connectivity index (χ1) is 13.8. The Bertz CT molecular complexity index is 1030. The van der Waals surface area contributed by atoms with Gasteiger partial charge >= 0.3 is 0 Å². The summed E-state index contributed by atoms with van der Waals surface area (Å²) in [4.78, 5) is 12.7. The molecule has 152 valence electrons. The van der Waals surface area contributed by atoms with Crippen molar-refractivity contribution in [3.63, 3.8) is 0 Å². The van der Waals surface area contributed by atoms with Crippen LogP contribution < -0.4 is 11.2 Å². The molecule has 6 nitrogen and oxygen atoms in total. The van der Waals surface area contributed by atoms with Gasteiger partial charge in [0, 0.05) is 12.1 Å². The number of rotatable bonds is 6. The number of halogens is 1. The van der Waals surface area contributed by atoms with Crippen LogP contribution in [0.5, 0.6) is 0 Å². The molecule has 0 saturated heterocycles. The predicted octanol–water partition coefficient (Wildman–Crippen LogP) is 3.77. The Labute approximate surface area is 173 Å². The minimum atomic E-state index is -0.442. The zero-order chi connectivity index (χ0) is 21.1. The number of anilines is 1. The fourth-order valence-corrected chi connectivity index (χ4v) is 3.92. The van der Waals surface area contributed by atoms with Gasteiger partial charge in [0.05, 0.1) is 5.25 Å². The Balaban J connectivity index is 1.69. The Hall–Kier alpha value is -2.87. The molecule has 0 spiro atoms. The highest BCUT2D eigenvalue weighted by molar-refractivity contribution is 8.00. The molecule has 3 N–H and O–H groups in total. The van der Waals surface area contributed by atoms with Crippen molar-refractivity contribution < 1.29 is 9.18 Å². The van der Waals surface area contributed by atoms with Gasteiger partial charge in [0.1, 0.15) is 5.82 Å². The van der Waals surface area contributed by atoms with Crippen LogP contribution in [-0.2, 0) is 11.2 Å². The lowest BCUT2D eigenvalue weighted by atomic mass is 10.1. The number of aromatic nitrogens is 3. The molecule has 2 aromatic carbocycles. The maximum Gasteiger partial charge on any atom is 0.237 e. The lowest BCUT2D eigenvalue weighted by molar-refractivity contribution is -0.115. The Morgan fingerprint density at radius 3 is 2.52 bits per heavy atom. The monoisotopic (exact) mass is 413 g/mol. The second kappa shape index (κ2) is 8.65. The van der Waals surface area contributed by atoms with Crippen molar-refractivity contribution in [2.24, 2.45) is 0 Å². The molecule has 3 rings (SSSR count). The average Bonchev–Trinajstić information content (AvgIpc) is 2.99. The molecular formula is C21H24FN5OS. The normalized spacial score (nSPS) is 12.0. The molecule has 1 amide bonds. The molecule has 8 heteroatoms. The summed E-state index contributed by atoms with van der Waals surface area (Å²) in [6, 6.07) is 10.5. The molecule has 0 saturated carbocycles. The topological polar surface area (TPSA) is 85.8 Å². The summed E-state index contributed by atoms with van der Waals surface area (Å²) in [5, 5.41) is 11.1. The molecule has 1 aromatic heterocycles. The molecular weight excluding hydrogens is 389 g/mol. The second-order valence-electron chi connectivity index (χ2n) is 7.06. The van der Waals surface area contributed by atoms with Crippen molar-refractivity contribution in [2.45, 2.75) is 44.5 Å². The number of carbonyl (C=O) groups is 1. The molecule has 0 bridgehead atoms. The van der Waals surface area contributed by atoms with Gasteiger partial charge in [-0.3, -0.25) is 4.79 Å². The van der Waals surface area contributed by atoms with Crippen LogP contribution in [0, 0.1) is 26.6 Å². The third kappa shape index (κ3) is 4.76. The number of benzene rings is 2. The summed E-state index contributed by atoms with van der Waals surface area (Å²) >= 11 is 1.21. The van der Waals surface area contributed by atoms with Crippen molar-refractivity contribution in [3.05, 3.63) is 70.3 Å². The lowest BCUT2D eigenvalue weighted by Crippen LogP contribution is -2.24. The average molecular weight is 414 g/mol. The van der Waals surface area contributed by atoms with E-state index in [4.69, 9.17) is 5.84 Å². The van der Waals surface area contributed by atoms with E-state index in [1.807, 2.05) is 32.9 Å². The maximum atomic E-state index is 13.9. The Morgan fingerprint density at radius 1 is 1.21 bits per heavy atom. The highest BCUT2D eigenvalue weighted by Gasteiger charge is 2.21. The van der Waals surface area contributed by atoms with Gasteiger partial charge in [0.25, 0.3) is 0 Å². The van der Waals surface area contributed by atoms with Gasteiger partial charge in [-0.05, 0) is 50.5 Å². The first kappa shape index (κ1) is 20.9. The van der Waals surface area contributed by atoms with Crippen LogP contribution in [0.3, 0.4) is 0 Å². The maximum absolute atomic E-state index is 13.9. The third-order valence-corrected chi connectivity index (χ3v) is 5.67. The lowest BCUT2D eigenvalue weighted by Gasteiger charge is -2.16. The smallest absolute Gasteiger partial charge is 0.237 e. The van der Waals surface area contributed by atoms with E-state index < -0.39 is 5.25 Å². The van der Waals surface area contributed by atoms with Crippen molar-refractivity contribution in [2.75, 3.05) is 11.2 Å². The van der Waals surface area contributed by atoms with Crippen molar-refractivity contribution >= 4 is 23.4 Å². The summed E-state index contributed by atoms with van der Waals surface area (Å²) in [7, 11) is 0. The Kier molecular flexibility index (Phi) is 6.22. The van der Waals surface area contributed by atoms with Crippen molar-refractivity contribution in [3.8, 4) is 0 Å². The number of aryl methyl sites for hydroxylation is 3. The fourth-order valence-electron chi connectivity index (χ4n) is 3.13. The van der Waals surface area contributed by atoms with Gasteiger partial charge < -0.3 is 11.2 Å². The SMILES string of the molecule is Cc1cc(C)c(NC(=O)[C@@H](C)Sc2nnc(Cc3ccccc3F)n2N)c(C)c1. The van der Waals surface area contributed by atoms with Crippen molar-refractivity contribution in [1.82, 2.24) is 14.9 Å². The van der Waals surface area contributed by atoms with E-state index in [0.717, 1.165) is 22.4 Å². The molecule has 3 aromatic rings. The van der Waals surface area contributed by atoms with E-state index in [2.05, 4.69) is 15.5 Å². The quantitative estimate of drug-likeness (QED) is 0.475. The van der Waals surface area contributed by atoms with Gasteiger partial charge in [0.2, 0.25) is 11.1 Å². The molecule has 0 fully saturated rings. The van der Waals surface area contributed by atoms with Crippen molar-refractivity contribution in [1.29, 1.82) is 0 Å². The van der Waals surface area contributed by atoms with E-state index in [-0.39, 0.29) is 18.1 Å². The van der Waals surface area contributed by atoms with Crippen LogP contribution >= 0.6 is 11.8 Å². The van der Waals surface area contributed by atoms with Crippen LogP contribution in [0.25, 0.3) is 0 Å². The van der Waals surface area contributed by atoms with E-state index >= 15 is 0 Å². The number of carbonyl (C=O) groups excluding carboxylic acids is 1. The number of hydrogen-bond acceptors (Lipinski definition) is 5. The molecule has 0 unspecified atom stereocenters. The highest BCUT2D eigenvalue weighted by atomic mass is 32.2. The van der Waals surface area contributed by atoms with Gasteiger partial charge in [0.15, 0.2) is 5.82 Å². The summed E-state index contributed by atoms with van der Waals surface area (Å²) in [6.07, 6.45) is 0.221. The molecule has 29 heavy (non-hydrogen) atoms. The first-order valence-electron chi connectivity index (χ1n) is 9.24. The molecule has 1 atom stereocenters. The van der Waals surface area contributed by atoms with E-state index in [1.54, 1.807) is 25.1 Å².